The van der Waals surface area contributed by atoms with E-state index in [-0.39, 0.29) is 5.91 Å². The van der Waals surface area contributed by atoms with E-state index in [4.69, 9.17) is 38.0 Å². The Balaban J connectivity index is 1.70. The maximum Gasteiger partial charge on any atom is 0.263 e. The summed E-state index contributed by atoms with van der Waals surface area (Å²) in [4.78, 5) is 12.4. The third-order valence-electron chi connectivity index (χ3n) is 4.21. The third kappa shape index (κ3) is 5.68. The summed E-state index contributed by atoms with van der Waals surface area (Å²) < 4.78 is 17.9. The van der Waals surface area contributed by atoms with Crippen LogP contribution < -0.4 is 19.5 Å². The fraction of sp³-hybridized carbons (Fsp3) is 0.273. The molecule has 158 valence electrons. The molecule has 0 aliphatic carbocycles. The minimum Gasteiger partial charge on any atom is -0.490 e. The number of hydrogen-bond acceptors (Lipinski definition) is 6. The number of halogens is 1. The summed E-state index contributed by atoms with van der Waals surface area (Å²) in [5.74, 6) is 1.60. The summed E-state index contributed by atoms with van der Waals surface area (Å²) in [5, 5.41) is 2.99. The zero-order valence-corrected chi connectivity index (χ0v) is 19.1. The van der Waals surface area contributed by atoms with Gasteiger partial charge in [-0.05, 0) is 48.7 Å². The number of amides is 1. The highest BCUT2D eigenvalue weighted by Gasteiger charge is 2.22. The minimum atomic E-state index is -0.219. The van der Waals surface area contributed by atoms with Crippen molar-refractivity contribution in [3.05, 3.63) is 57.5 Å². The van der Waals surface area contributed by atoms with Gasteiger partial charge in [-0.2, -0.15) is 0 Å². The second kappa shape index (κ2) is 10.7. The van der Waals surface area contributed by atoms with Gasteiger partial charge in [-0.1, -0.05) is 60.7 Å². The van der Waals surface area contributed by atoms with Gasteiger partial charge in [0, 0.05) is 0 Å². The maximum atomic E-state index is 11.9. The molecule has 1 amide bonds. The fourth-order valence-corrected chi connectivity index (χ4v) is 4.20. The summed E-state index contributed by atoms with van der Waals surface area (Å²) in [6, 6.07) is 11.5. The number of carbonyl (C=O) groups is 1. The Morgan fingerprint density at radius 2 is 1.87 bits per heavy atom. The van der Waals surface area contributed by atoms with Gasteiger partial charge in [0.25, 0.3) is 5.91 Å². The van der Waals surface area contributed by atoms with Crippen LogP contribution in [-0.4, -0.2) is 30.0 Å². The van der Waals surface area contributed by atoms with Crippen LogP contribution in [0.5, 0.6) is 17.2 Å². The van der Waals surface area contributed by atoms with Crippen LogP contribution in [0.2, 0.25) is 5.02 Å². The lowest BCUT2D eigenvalue weighted by Crippen LogP contribution is -2.17. The Labute approximate surface area is 190 Å². The van der Waals surface area contributed by atoms with Crippen molar-refractivity contribution in [1.29, 1.82) is 0 Å². The smallest absolute Gasteiger partial charge is 0.263 e. The van der Waals surface area contributed by atoms with E-state index in [0.717, 1.165) is 23.3 Å². The number of carbonyl (C=O) groups excluding carboxylic acids is 1. The molecule has 0 saturated carbocycles. The Bertz CT molecular complexity index is 978. The van der Waals surface area contributed by atoms with Gasteiger partial charge in [0.05, 0.1) is 16.5 Å². The average Bonchev–Trinajstić information content (AvgIpc) is 3.04. The predicted octanol–water partition coefficient (Wildman–Crippen LogP) is 5.25. The number of thiocarbonyl (C=S) groups is 1. The minimum absolute atomic E-state index is 0.219. The Morgan fingerprint density at radius 1 is 1.10 bits per heavy atom. The van der Waals surface area contributed by atoms with Crippen molar-refractivity contribution >= 4 is 51.9 Å². The van der Waals surface area contributed by atoms with Gasteiger partial charge in [-0.25, -0.2) is 0 Å². The van der Waals surface area contributed by atoms with Crippen molar-refractivity contribution in [3.8, 4) is 17.2 Å². The van der Waals surface area contributed by atoms with E-state index in [9.17, 15) is 4.79 Å². The molecule has 1 saturated heterocycles. The monoisotopic (exact) mass is 463 g/mol. The number of benzene rings is 2. The highest BCUT2D eigenvalue weighted by molar-refractivity contribution is 8.26. The van der Waals surface area contributed by atoms with Crippen LogP contribution in [0.15, 0.2) is 41.3 Å². The molecule has 1 aliphatic heterocycles. The first kappa shape index (κ1) is 22.5. The molecule has 0 unspecified atom stereocenters. The van der Waals surface area contributed by atoms with Crippen LogP contribution in [0.4, 0.5) is 0 Å². The second-order valence-electron chi connectivity index (χ2n) is 6.27. The van der Waals surface area contributed by atoms with Crippen molar-refractivity contribution in [3.63, 3.8) is 0 Å². The highest BCUT2D eigenvalue weighted by atomic mass is 35.5. The number of rotatable bonds is 9. The molecule has 1 N–H and O–H groups in total. The molecule has 8 heteroatoms. The Hall–Kier alpha value is -2.22. The molecular formula is C22H22ClNO4S2. The van der Waals surface area contributed by atoms with Crippen molar-refractivity contribution < 1.29 is 19.0 Å². The molecule has 0 aromatic heterocycles. The first-order chi connectivity index (χ1) is 14.5. The van der Waals surface area contributed by atoms with E-state index >= 15 is 0 Å². The number of para-hydroxylation sites is 1. The lowest BCUT2D eigenvalue weighted by Gasteiger charge is -2.15. The molecule has 1 fully saturated rings. The summed E-state index contributed by atoms with van der Waals surface area (Å²) in [6.07, 6.45) is 2.62. The standard InChI is InChI=1S/C22H22ClNO4S2/c1-3-15-7-5-6-8-17(15)27-9-10-28-20-16(23)11-14(12-18(20)26-4-2)13-19-21(25)24-22(29)30-19/h5-8,11-13H,3-4,9-10H2,1-2H3,(H,24,25,29). The molecule has 1 heterocycles. The van der Waals surface area contributed by atoms with Crippen LogP contribution in [0.25, 0.3) is 6.08 Å². The molecule has 0 radical (unpaired) electrons. The fourth-order valence-electron chi connectivity index (χ4n) is 2.88. The number of hydrogen-bond donors (Lipinski definition) is 1. The van der Waals surface area contributed by atoms with E-state index in [2.05, 4.69) is 12.2 Å². The molecule has 0 bridgehead atoms. The predicted molar refractivity (Wildman–Crippen MR) is 126 cm³/mol. The number of thioether (sulfide) groups is 1. The molecule has 1 aliphatic rings. The second-order valence-corrected chi connectivity index (χ2v) is 8.40. The van der Waals surface area contributed by atoms with Gasteiger partial charge < -0.3 is 19.5 Å². The van der Waals surface area contributed by atoms with Gasteiger partial charge in [0.2, 0.25) is 0 Å². The molecule has 3 rings (SSSR count). The lowest BCUT2D eigenvalue weighted by molar-refractivity contribution is -0.115. The third-order valence-corrected chi connectivity index (χ3v) is 5.66. The molecule has 0 spiro atoms. The van der Waals surface area contributed by atoms with Crippen LogP contribution >= 0.6 is 35.6 Å². The molecular weight excluding hydrogens is 442 g/mol. The van der Waals surface area contributed by atoms with Crippen molar-refractivity contribution in [2.75, 3.05) is 19.8 Å². The van der Waals surface area contributed by atoms with Crippen molar-refractivity contribution in [2.45, 2.75) is 20.3 Å². The Kier molecular flexibility index (Phi) is 8.01. The number of aryl methyl sites for hydroxylation is 1. The first-order valence-corrected chi connectivity index (χ1v) is 11.2. The van der Waals surface area contributed by atoms with Crippen LogP contribution in [0.1, 0.15) is 25.0 Å². The van der Waals surface area contributed by atoms with Crippen molar-refractivity contribution in [1.82, 2.24) is 5.32 Å². The van der Waals surface area contributed by atoms with E-state index in [0.29, 0.717) is 45.6 Å². The summed E-state index contributed by atoms with van der Waals surface area (Å²) in [5.41, 5.74) is 1.88. The SMILES string of the molecule is CCOc1cc(C=C2SC(=S)NC2=O)cc(Cl)c1OCCOc1ccccc1CC. The van der Waals surface area contributed by atoms with Gasteiger partial charge in [0.1, 0.15) is 23.3 Å². The van der Waals surface area contributed by atoms with E-state index in [1.54, 1.807) is 18.2 Å². The highest BCUT2D eigenvalue weighted by Crippen LogP contribution is 2.38. The summed E-state index contributed by atoms with van der Waals surface area (Å²) >= 11 is 12.7. The van der Waals surface area contributed by atoms with Gasteiger partial charge in [0.15, 0.2) is 11.5 Å². The molecule has 2 aromatic carbocycles. The number of nitrogens with one attached hydrogen (secondary N) is 1. The normalized spacial score (nSPS) is 14.7. The van der Waals surface area contributed by atoms with E-state index in [1.807, 2.05) is 31.2 Å². The zero-order chi connectivity index (χ0) is 21.5. The maximum absolute atomic E-state index is 11.9. The molecule has 0 atom stereocenters. The molecule has 5 nitrogen and oxygen atoms in total. The van der Waals surface area contributed by atoms with Crippen LogP contribution in [-0.2, 0) is 11.2 Å². The lowest BCUT2D eigenvalue weighted by atomic mass is 10.1. The van der Waals surface area contributed by atoms with E-state index < -0.39 is 0 Å². The van der Waals surface area contributed by atoms with Gasteiger partial charge >= 0.3 is 0 Å². The first-order valence-electron chi connectivity index (χ1n) is 9.56. The molecule has 2 aromatic rings. The average molecular weight is 464 g/mol. The summed E-state index contributed by atoms with van der Waals surface area (Å²) in [6.45, 7) is 5.10. The van der Waals surface area contributed by atoms with Crippen molar-refractivity contribution in [2.24, 2.45) is 0 Å². The van der Waals surface area contributed by atoms with Crippen LogP contribution in [0, 0.1) is 0 Å². The van der Waals surface area contributed by atoms with Crippen LogP contribution in [0.3, 0.4) is 0 Å². The van der Waals surface area contributed by atoms with Gasteiger partial charge in [-0.3, -0.25) is 4.79 Å². The zero-order valence-electron chi connectivity index (χ0n) is 16.7. The van der Waals surface area contributed by atoms with E-state index in [1.165, 1.54) is 11.8 Å². The topological polar surface area (TPSA) is 56.8 Å². The Morgan fingerprint density at radius 3 is 2.57 bits per heavy atom. The van der Waals surface area contributed by atoms with Gasteiger partial charge in [-0.15, -0.1) is 0 Å². The molecule has 30 heavy (non-hydrogen) atoms. The number of ether oxygens (including phenoxy) is 3. The quantitative estimate of drug-likeness (QED) is 0.311. The largest absolute Gasteiger partial charge is 0.490 e. The summed E-state index contributed by atoms with van der Waals surface area (Å²) in [7, 11) is 0.